The molecule has 8 nitrogen and oxygen atoms in total. The predicted octanol–water partition coefficient (Wildman–Crippen LogP) is 2.05. The minimum Gasteiger partial charge on any atom is -0.488 e. The number of hydrogen-bond donors (Lipinski definition) is 1. The number of ether oxygens (including phenoxy) is 1. The number of nitrogens with one attached hydrogen (secondary N) is 1. The molecule has 1 saturated heterocycles. The zero-order chi connectivity index (χ0) is 19.5. The van der Waals surface area contributed by atoms with E-state index in [-0.39, 0.29) is 5.91 Å². The molecule has 3 aliphatic heterocycles. The molecule has 1 aromatic carbocycles. The standard InChI is InChI=1S/C20H17N5O3S/c26-18-8-19(29(27)23-18)25-16-4-3-12(6-14(16)10-22-25)13-7-17-20(21-9-13)24-5-1-2-15(24)11-28-17/h3-4,6-10,15H,1-2,5,11H2,(H,23,26). The minimum absolute atomic E-state index is 0.335. The normalized spacial score (nSPS) is 22.8. The summed E-state index contributed by atoms with van der Waals surface area (Å²) in [5.41, 5.74) is 2.75. The Hall–Kier alpha value is -3.20. The molecule has 6 rings (SSSR count). The molecule has 9 heteroatoms. The number of anilines is 1. The number of benzene rings is 1. The molecule has 0 spiro atoms. The quantitative estimate of drug-likeness (QED) is 0.699. The van der Waals surface area contributed by atoms with Crippen molar-refractivity contribution >= 4 is 38.6 Å². The summed E-state index contributed by atoms with van der Waals surface area (Å²) in [5.74, 6) is 1.38. The van der Waals surface area contributed by atoms with Crippen molar-refractivity contribution in [1.29, 1.82) is 0 Å². The molecule has 3 aliphatic rings. The highest BCUT2D eigenvalue weighted by Crippen LogP contribution is 2.38. The van der Waals surface area contributed by atoms with Crippen LogP contribution in [0.1, 0.15) is 12.8 Å². The number of rotatable bonds is 2. The van der Waals surface area contributed by atoms with Crippen LogP contribution in [-0.4, -0.2) is 44.1 Å². The summed E-state index contributed by atoms with van der Waals surface area (Å²) in [6.07, 6.45) is 7.24. The molecule has 1 fully saturated rings. The first-order valence-electron chi connectivity index (χ1n) is 9.49. The number of carbonyl (C=O) groups is 1. The lowest BCUT2D eigenvalue weighted by molar-refractivity contribution is -0.114. The summed E-state index contributed by atoms with van der Waals surface area (Å²) < 4.78 is 21.9. The van der Waals surface area contributed by atoms with Gasteiger partial charge in [-0.2, -0.15) is 5.10 Å². The van der Waals surface area contributed by atoms with Crippen LogP contribution in [-0.2, 0) is 15.8 Å². The number of nitrogens with zero attached hydrogens (tertiary/aromatic N) is 4. The molecule has 2 atom stereocenters. The van der Waals surface area contributed by atoms with Crippen LogP contribution in [0.2, 0.25) is 0 Å². The fraction of sp³-hybridized carbons (Fsp3) is 0.250. The fourth-order valence-corrected chi connectivity index (χ4v) is 5.12. The molecular formula is C20H17N5O3S. The Morgan fingerprint density at radius 2 is 2.14 bits per heavy atom. The van der Waals surface area contributed by atoms with Crippen LogP contribution in [0.4, 0.5) is 5.82 Å². The van der Waals surface area contributed by atoms with Crippen molar-refractivity contribution in [2.45, 2.75) is 18.9 Å². The Morgan fingerprint density at radius 3 is 3.00 bits per heavy atom. The summed E-state index contributed by atoms with van der Waals surface area (Å²) in [4.78, 5) is 18.5. The van der Waals surface area contributed by atoms with E-state index < -0.39 is 11.0 Å². The molecule has 0 bridgehead atoms. The Labute approximate surface area is 168 Å². The third kappa shape index (κ3) is 2.57. The Kier molecular flexibility index (Phi) is 3.55. The molecule has 5 heterocycles. The first-order chi connectivity index (χ1) is 14.2. The molecule has 146 valence electrons. The summed E-state index contributed by atoms with van der Waals surface area (Å²) in [6, 6.07) is 8.38. The van der Waals surface area contributed by atoms with Gasteiger partial charge in [-0.3, -0.25) is 9.52 Å². The smallest absolute Gasteiger partial charge is 0.258 e. The third-order valence-corrected chi connectivity index (χ3v) is 6.72. The lowest BCUT2D eigenvalue weighted by Gasteiger charge is -2.32. The van der Waals surface area contributed by atoms with Crippen LogP contribution in [0.15, 0.2) is 42.7 Å². The number of aromatic nitrogens is 3. The Bertz CT molecular complexity index is 1230. The average Bonchev–Trinajstić information content (AvgIpc) is 3.44. The summed E-state index contributed by atoms with van der Waals surface area (Å²) in [6.45, 7) is 1.75. The second-order valence-corrected chi connectivity index (χ2v) is 8.55. The van der Waals surface area contributed by atoms with Crippen molar-refractivity contribution in [3.05, 3.63) is 42.7 Å². The Morgan fingerprint density at radius 1 is 1.21 bits per heavy atom. The van der Waals surface area contributed by atoms with Gasteiger partial charge in [-0.25, -0.2) is 13.9 Å². The molecule has 0 aliphatic carbocycles. The lowest BCUT2D eigenvalue weighted by atomic mass is 10.1. The number of carbonyl (C=O) groups excluding carboxylic acids is 1. The molecular weight excluding hydrogens is 390 g/mol. The van der Waals surface area contributed by atoms with Crippen molar-refractivity contribution in [3.63, 3.8) is 0 Å². The second kappa shape index (κ2) is 6.15. The van der Waals surface area contributed by atoms with Crippen molar-refractivity contribution < 1.29 is 13.7 Å². The van der Waals surface area contributed by atoms with E-state index in [9.17, 15) is 9.00 Å². The van der Waals surface area contributed by atoms with Gasteiger partial charge in [-0.05, 0) is 36.6 Å². The average molecular weight is 407 g/mol. The minimum atomic E-state index is -1.59. The molecule has 0 saturated carbocycles. The zero-order valence-corrected chi connectivity index (χ0v) is 16.2. The number of fused-ring (bicyclic) bond motifs is 4. The van der Waals surface area contributed by atoms with E-state index in [1.807, 2.05) is 30.5 Å². The summed E-state index contributed by atoms with van der Waals surface area (Å²) >= 11 is 0. The SMILES string of the molecule is O=C1C=C(n2ncc3cc(-c4cnc5c(c4)OCC4CCCN54)ccc32)S(=O)N1. The van der Waals surface area contributed by atoms with Crippen LogP contribution in [0.3, 0.4) is 0 Å². The van der Waals surface area contributed by atoms with Crippen molar-refractivity contribution in [3.8, 4) is 16.9 Å². The van der Waals surface area contributed by atoms with Gasteiger partial charge in [-0.15, -0.1) is 0 Å². The zero-order valence-electron chi connectivity index (χ0n) is 15.4. The second-order valence-electron chi connectivity index (χ2n) is 7.39. The van der Waals surface area contributed by atoms with Crippen LogP contribution < -0.4 is 14.4 Å². The van der Waals surface area contributed by atoms with Crippen LogP contribution in [0.5, 0.6) is 5.75 Å². The summed E-state index contributed by atoms with van der Waals surface area (Å²) in [7, 11) is -1.59. The van der Waals surface area contributed by atoms with E-state index in [1.165, 1.54) is 17.2 Å². The first-order valence-corrected chi connectivity index (χ1v) is 10.6. The van der Waals surface area contributed by atoms with E-state index in [4.69, 9.17) is 4.74 Å². The third-order valence-electron chi connectivity index (χ3n) is 5.66. The molecule has 2 aromatic heterocycles. The molecule has 3 aromatic rings. The van der Waals surface area contributed by atoms with Crippen LogP contribution in [0, 0.1) is 0 Å². The highest BCUT2D eigenvalue weighted by molar-refractivity contribution is 7.93. The fourth-order valence-electron chi connectivity index (χ4n) is 4.26. The van der Waals surface area contributed by atoms with Gasteiger partial charge in [0.2, 0.25) is 0 Å². The monoisotopic (exact) mass is 407 g/mol. The Balaban J connectivity index is 1.38. The van der Waals surface area contributed by atoms with E-state index >= 15 is 0 Å². The molecule has 1 amide bonds. The molecule has 2 unspecified atom stereocenters. The maximum absolute atomic E-state index is 12.1. The van der Waals surface area contributed by atoms with Gasteiger partial charge in [-0.1, -0.05) is 6.07 Å². The maximum atomic E-state index is 12.1. The van der Waals surface area contributed by atoms with E-state index in [2.05, 4.69) is 19.7 Å². The molecule has 0 radical (unpaired) electrons. The van der Waals surface area contributed by atoms with E-state index in [1.54, 1.807) is 6.20 Å². The van der Waals surface area contributed by atoms with E-state index in [0.717, 1.165) is 46.6 Å². The largest absolute Gasteiger partial charge is 0.488 e. The molecule has 29 heavy (non-hydrogen) atoms. The van der Waals surface area contributed by atoms with Crippen molar-refractivity contribution in [2.24, 2.45) is 0 Å². The van der Waals surface area contributed by atoms with Gasteiger partial charge < -0.3 is 9.64 Å². The van der Waals surface area contributed by atoms with Crippen molar-refractivity contribution in [1.82, 2.24) is 19.5 Å². The topological polar surface area (TPSA) is 89.4 Å². The first kappa shape index (κ1) is 16.7. The lowest BCUT2D eigenvalue weighted by Crippen LogP contribution is -2.38. The van der Waals surface area contributed by atoms with Gasteiger partial charge in [0.1, 0.15) is 6.61 Å². The number of pyridine rings is 1. The van der Waals surface area contributed by atoms with Gasteiger partial charge in [0.25, 0.3) is 5.91 Å². The van der Waals surface area contributed by atoms with Gasteiger partial charge in [0.15, 0.2) is 27.6 Å². The number of hydrogen-bond acceptors (Lipinski definition) is 6. The number of amides is 1. The summed E-state index contributed by atoms with van der Waals surface area (Å²) in [5, 5.41) is 5.54. The highest BCUT2D eigenvalue weighted by Gasteiger charge is 2.32. The van der Waals surface area contributed by atoms with E-state index in [0.29, 0.717) is 17.7 Å². The maximum Gasteiger partial charge on any atom is 0.258 e. The van der Waals surface area contributed by atoms with Gasteiger partial charge in [0, 0.05) is 29.8 Å². The van der Waals surface area contributed by atoms with Crippen LogP contribution in [0.25, 0.3) is 27.1 Å². The molecule has 1 N–H and O–H groups in total. The van der Waals surface area contributed by atoms with Gasteiger partial charge >= 0.3 is 0 Å². The van der Waals surface area contributed by atoms with Crippen molar-refractivity contribution in [2.75, 3.05) is 18.1 Å². The predicted molar refractivity (Wildman–Crippen MR) is 109 cm³/mol. The van der Waals surface area contributed by atoms with Gasteiger partial charge in [0.05, 0.1) is 17.8 Å². The highest BCUT2D eigenvalue weighted by atomic mass is 32.2. The van der Waals surface area contributed by atoms with Crippen LogP contribution >= 0.6 is 0 Å².